The van der Waals surface area contributed by atoms with Crippen LogP contribution in [0.2, 0.25) is 0 Å². The number of nitrogens with one attached hydrogen (secondary N) is 1. The van der Waals surface area contributed by atoms with E-state index < -0.39 is 6.04 Å². The number of amides is 1. The van der Waals surface area contributed by atoms with Gasteiger partial charge in [0.05, 0.1) is 6.04 Å². The Kier molecular flexibility index (Phi) is 5.39. The molecule has 0 saturated heterocycles. The lowest BCUT2D eigenvalue weighted by Gasteiger charge is -2.18. The number of fused-ring (bicyclic) bond motifs is 1. The number of hydrogen-bond donors (Lipinski definition) is 2. The maximum Gasteiger partial charge on any atom is 0.241 e. The highest BCUT2D eigenvalue weighted by Gasteiger charge is 2.26. The van der Waals surface area contributed by atoms with E-state index in [0.717, 1.165) is 35.1 Å². The Morgan fingerprint density at radius 3 is 2.65 bits per heavy atom. The highest BCUT2D eigenvalue weighted by atomic mass is 35.5. The molecule has 0 saturated carbocycles. The normalized spacial score (nSPS) is 17.1. The van der Waals surface area contributed by atoms with Gasteiger partial charge in [-0.05, 0) is 48.6 Å². The predicted octanol–water partition coefficient (Wildman–Crippen LogP) is 3.36. The van der Waals surface area contributed by atoms with Gasteiger partial charge >= 0.3 is 0 Å². The van der Waals surface area contributed by atoms with Crippen LogP contribution in [0.3, 0.4) is 0 Å². The molecular weight excluding hydrogens is 315 g/mol. The number of aryl methyl sites for hydroxylation is 2. The lowest BCUT2D eigenvalue weighted by atomic mass is 10.0. The van der Waals surface area contributed by atoms with Crippen LogP contribution in [-0.2, 0) is 11.2 Å². The Morgan fingerprint density at radius 2 is 1.96 bits per heavy atom. The molecule has 1 aliphatic rings. The Balaban J connectivity index is 0.00000192. The second kappa shape index (κ2) is 7.11. The molecule has 23 heavy (non-hydrogen) atoms. The summed E-state index contributed by atoms with van der Waals surface area (Å²) in [6.45, 7) is 1.99. The van der Waals surface area contributed by atoms with E-state index in [4.69, 9.17) is 5.73 Å². The Morgan fingerprint density at radius 1 is 1.26 bits per heavy atom. The van der Waals surface area contributed by atoms with E-state index in [9.17, 15) is 9.18 Å². The van der Waals surface area contributed by atoms with Gasteiger partial charge in [0.2, 0.25) is 5.91 Å². The van der Waals surface area contributed by atoms with E-state index in [2.05, 4.69) is 5.32 Å². The van der Waals surface area contributed by atoms with E-state index in [0.29, 0.717) is 0 Å². The van der Waals surface area contributed by atoms with Crippen LogP contribution in [0.15, 0.2) is 42.5 Å². The molecule has 0 fully saturated rings. The zero-order valence-corrected chi connectivity index (χ0v) is 13.7. The predicted molar refractivity (Wildman–Crippen MR) is 91.0 cm³/mol. The smallest absolute Gasteiger partial charge is 0.241 e. The maximum atomic E-state index is 13.2. The molecule has 3 rings (SSSR count). The number of hydrogen-bond acceptors (Lipinski definition) is 2. The van der Waals surface area contributed by atoms with Crippen molar-refractivity contribution in [1.29, 1.82) is 0 Å². The summed E-state index contributed by atoms with van der Waals surface area (Å²) in [6, 6.07) is 11.6. The lowest BCUT2D eigenvalue weighted by Crippen LogP contribution is -2.36. The van der Waals surface area contributed by atoms with Crippen LogP contribution >= 0.6 is 12.4 Å². The Hall–Kier alpha value is -1.91. The van der Waals surface area contributed by atoms with Gasteiger partial charge < -0.3 is 11.1 Å². The largest absolute Gasteiger partial charge is 0.348 e. The van der Waals surface area contributed by atoms with Gasteiger partial charge in [-0.1, -0.05) is 35.9 Å². The average molecular weight is 335 g/mol. The average Bonchev–Trinajstić information content (AvgIpc) is 2.89. The van der Waals surface area contributed by atoms with Crippen molar-refractivity contribution >= 4 is 18.3 Å². The monoisotopic (exact) mass is 334 g/mol. The van der Waals surface area contributed by atoms with Crippen molar-refractivity contribution in [1.82, 2.24) is 5.32 Å². The molecule has 3 nitrogen and oxygen atoms in total. The Bertz CT molecular complexity index is 703. The molecule has 2 unspecified atom stereocenters. The fraction of sp³-hybridized carbons (Fsp3) is 0.278. The van der Waals surface area contributed by atoms with Gasteiger partial charge in [-0.25, -0.2) is 4.39 Å². The number of carbonyl (C=O) groups is 1. The van der Waals surface area contributed by atoms with Gasteiger partial charge in [0.25, 0.3) is 0 Å². The number of benzene rings is 2. The van der Waals surface area contributed by atoms with Crippen LogP contribution in [0, 0.1) is 12.7 Å². The molecule has 0 bridgehead atoms. The summed E-state index contributed by atoms with van der Waals surface area (Å²) in [6.07, 6.45) is 1.56. The van der Waals surface area contributed by atoms with Crippen molar-refractivity contribution < 1.29 is 9.18 Å². The quantitative estimate of drug-likeness (QED) is 0.904. The lowest BCUT2D eigenvalue weighted by molar-refractivity contribution is -0.123. The van der Waals surface area contributed by atoms with Gasteiger partial charge in [0, 0.05) is 0 Å². The Labute approximate surface area is 141 Å². The van der Waals surface area contributed by atoms with Crippen LogP contribution in [0.4, 0.5) is 4.39 Å². The minimum Gasteiger partial charge on any atom is -0.348 e. The summed E-state index contributed by atoms with van der Waals surface area (Å²) in [5.74, 6) is -0.437. The first-order valence-corrected chi connectivity index (χ1v) is 7.45. The van der Waals surface area contributed by atoms with Crippen molar-refractivity contribution in [2.24, 2.45) is 5.73 Å². The number of rotatable bonds is 3. The summed E-state index contributed by atoms with van der Waals surface area (Å²) < 4.78 is 13.2. The fourth-order valence-electron chi connectivity index (χ4n) is 2.92. The van der Waals surface area contributed by atoms with Crippen LogP contribution in [0.25, 0.3) is 0 Å². The molecule has 0 spiro atoms. The third-order valence-corrected chi connectivity index (χ3v) is 4.22. The first-order valence-electron chi connectivity index (χ1n) is 7.45. The van der Waals surface area contributed by atoms with Crippen molar-refractivity contribution in [3.63, 3.8) is 0 Å². The van der Waals surface area contributed by atoms with Crippen LogP contribution < -0.4 is 11.1 Å². The molecule has 3 N–H and O–H groups in total. The second-order valence-corrected chi connectivity index (χ2v) is 5.83. The molecule has 122 valence electrons. The van der Waals surface area contributed by atoms with Crippen LogP contribution in [0.1, 0.15) is 40.8 Å². The molecule has 0 radical (unpaired) electrons. The van der Waals surface area contributed by atoms with E-state index in [1.54, 1.807) is 12.1 Å². The molecule has 1 amide bonds. The number of halogens is 2. The third kappa shape index (κ3) is 3.71. The molecule has 0 heterocycles. The van der Waals surface area contributed by atoms with Gasteiger partial charge in [-0.15, -0.1) is 12.4 Å². The summed E-state index contributed by atoms with van der Waals surface area (Å²) in [7, 11) is 0. The van der Waals surface area contributed by atoms with E-state index >= 15 is 0 Å². The van der Waals surface area contributed by atoms with Gasteiger partial charge in [-0.2, -0.15) is 0 Å². The molecule has 2 atom stereocenters. The zero-order valence-electron chi connectivity index (χ0n) is 12.9. The molecule has 2 aromatic rings. The minimum atomic E-state index is -0.690. The van der Waals surface area contributed by atoms with Crippen molar-refractivity contribution in [2.75, 3.05) is 0 Å². The molecular formula is C18H20ClFN2O. The molecule has 0 aliphatic heterocycles. The highest BCUT2D eigenvalue weighted by molar-refractivity contribution is 5.85. The number of nitrogens with two attached hydrogens (primary N) is 1. The summed E-state index contributed by atoms with van der Waals surface area (Å²) in [5, 5.41) is 2.98. The molecule has 1 aliphatic carbocycles. The SMILES string of the molecule is Cc1ccc(C(N)C(=O)NC2CCc3cc(F)ccc32)cc1.Cl. The fourth-order valence-corrected chi connectivity index (χ4v) is 2.92. The van der Waals surface area contributed by atoms with Gasteiger partial charge in [-0.3, -0.25) is 4.79 Å². The minimum absolute atomic E-state index is 0. The molecule has 5 heteroatoms. The van der Waals surface area contributed by atoms with Gasteiger partial charge in [0.15, 0.2) is 0 Å². The van der Waals surface area contributed by atoms with Gasteiger partial charge in [0.1, 0.15) is 11.9 Å². The first-order chi connectivity index (χ1) is 10.5. The maximum absolute atomic E-state index is 13.2. The van der Waals surface area contributed by atoms with Crippen LogP contribution in [0.5, 0.6) is 0 Å². The summed E-state index contributed by atoms with van der Waals surface area (Å²) >= 11 is 0. The standard InChI is InChI=1S/C18H19FN2O.ClH/c1-11-2-4-12(5-3-11)17(20)18(22)21-16-9-6-13-10-14(19)7-8-15(13)16;/h2-5,7-8,10,16-17H,6,9,20H2,1H3,(H,21,22);1H. The summed E-state index contributed by atoms with van der Waals surface area (Å²) in [4.78, 5) is 12.4. The van der Waals surface area contributed by atoms with Crippen molar-refractivity contribution in [2.45, 2.75) is 31.8 Å². The first kappa shape index (κ1) is 17.4. The van der Waals surface area contributed by atoms with E-state index in [1.165, 1.54) is 6.07 Å². The van der Waals surface area contributed by atoms with E-state index in [-0.39, 0.29) is 30.2 Å². The molecule has 2 aromatic carbocycles. The molecule has 0 aromatic heterocycles. The summed E-state index contributed by atoms with van der Waals surface area (Å²) in [5.41, 5.74) is 9.92. The number of carbonyl (C=O) groups excluding carboxylic acids is 1. The zero-order chi connectivity index (χ0) is 15.7. The van der Waals surface area contributed by atoms with E-state index in [1.807, 2.05) is 31.2 Å². The van der Waals surface area contributed by atoms with Crippen molar-refractivity contribution in [3.05, 3.63) is 70.5 Å². The topological polar surface area (TPSA) is 55.1 Å². The highest BCUT2D eigenvalue weighted by Crippen LogP contribution is 2.31. The second-order valence-electron chi connectivity index (χ2n) is 5.83. The van der Waals surface area contributed by atoms with Crippen LogP contribution in [-0.4, -0.2) is 5.91 Å². The third-order valence-electron chi connectivity index (χ3n) is 4.22. The van der Waals surface area contributed by atoms with Crippen molar-refractivity contribution in [3.8, 4) is 0 Å².